The van der Waals surface area contributed by atoms with Gasteiger partial charge in [-0.3, -0.25) is 4.68 Å². The van der Waals surface area contributed by atoms with E-state index in [1.54, 1.807) is 0 Å². The van der Waals surface area contributed by atoms with Crippen LogP contribution in [0.1, 0.15) is 32.4 Å². The van der Waals surface area contributed by atoms with Gasteiger partial charge in [0.25, 0.3) is 0 Å². The summed E-state index contributed by atoms with van der Waals surface area (Å²) in [6.07, 6.45) is 2.31. The maximum Gasteiger partial charge on any atom is 0.0728 e. The lowest BCUT2D eigenvalue weighted by molar-refractivity contribution is 0.144. The van der Waals surface area contributed by atoms with Crippen LogP contribution in [0.5, 0.6) is 0 Å². The fourth-order valence-electron chi connectivity index (χ4n) is 2.38. The number of aliphatic hydroxyl groups excluding tert-OH is 1. The zero-order chi connectivity index (χ0) is 13.1. The second-order valence-electron chi connectivity index (χ2n) is 5.19. The van der Waals surface area contributed by atoms with Gasteiger partial charge in [0.1, 0.15) is 0 Å². The highest BCUT2D eigenvalue weighted by atomic mass is 16.3. The van der Waals surface area contributed by atoms with Crippen LogP contribution in [0.25, 0.3) is 10.9 Å². The molecule has 0 aliphatic rings. The van der Waals surface area contributed by atoms with Gasteiger partial charge < -0.3 is 5.11 Å². The normalized spacial score (nSPS) is 14.9. The Morgan fingerprint density at radius 1 is 1.33 bits per heavy atom. The van der Waals surface area contributed by atoms with Crippen LogP contribution in [0.15, 0.2) is 24.3 Å². The Bertz CT molecular complexity index is 518. The van der Waals surface area contributed by atoms with E-state index in [0.717, 1.165) is 29.4 Å². The van der Waals surface area contributed by atoms with Crippen molar-refractivity contribution in [3.8, 4) is 0 Å². The summed E-state index contributed by atoms with van der Waals surface area (Å²) in [5, 5.41) is 15.8. The van der Waals surface area contributed by atoms with Crippen LogP contribution < -0.4 is 0 Å². The predicted molar refractivity (Wildman–Crippen MR) is 74.5 cm³/mol. The molecule has 0 fully saturated rings. The third kappa shape index (κ3) is 2.72. The molecule has 18 heavy (non-hydrogen) atoms. The van der Waals surface area contributed by atoms with Gasteiger partial charge in [-0.1, -0.05) is 38.5 Å². The van der Waals surface area contributed by atoms with Gasteiger partial charge in [-0.25, -0.2) is 0 Å². The van der Waals surface area contributed by atoms with Crippen LogP contribution in [-0.4, -0.2) is 21.0 Å². The minimum atomic E-state index is -0.293. The van der Waals surface area contributed by atoms with E-state index in [1.165, 1.54) is 0 Å². The fourth-order valence-corrected chi connectivity index (χ4v) is 2.38. The Balaban J connectivity index is 2.17. The van der Waals surface area contributed by atoms with E-state index in [-0.39, 0.29) is 6.10 Å². The molecule has 0 saturated heterocycles. The number of nitrogens with zero attached hydrogens (tertiary/aromatic N) is 2. The van der Waals surface area contributed by atoms with Gasteiger partial charge in [-0.15, -0.1) is 0 Å². The summed E-state index contributed by atoms with van der Waals surface area (Å²) in [6, 6.07) is 8.18. The first-order valence-electron chi connectivity index (χ1n) is 6.70. The minimum absolute atomic E-state index is 0.293. The number of hydrogen-bond donors (Lipinski definition) is 1. The van der Waals surface area contributed by atoms with Crippen molar-refractivity contribution >= 4 is 10.9 Å². The molecule has 0 aliphatic carbocycles. The topological polar surface area (TPSA) is 38.1 Å². The summed E-state index contributed by atoms with van der Waals surface area (Å²) < 4.78 is 1.89. The molecule has 0 spiro atoms. The van der Waals surface area contributed by atoms with Crippen molar-refractivity contribution in [3.63, 3.8) is 0 Å². The van der Waals surface area contributed by atoms with Crippen molar-refractivity contribution in [2.24, 2.45) is 13.0 Å². The Morgan fingerprint density at radius 3 is 2.78 bits per heavy atom. The molecule has 1 aromatic heterocycles. The van der Waals surface area contributed by atoms with Gasteiger partial charge in [0.05, 0.1) is 17.3 Å². The van der Waals surface area contributed by atoms with Crippen molar-refractivity contribution in [2.45, 2.75) is 39.2 Å². The SMILES string of the molecule is CCC(C)CC(O)Cc1nn(C)c2ccccc12. The minimum Gasteiger partial charge on any atom is -0.393 e. The van der Waals surface area contributed by atoms with Crippen LogP contribution in [0.2, 0.25) is 0 Å². The van der Waals surface area contributed by atoms with Crippen molar-refractivity contribution in [3.05, 3.63) is 30.0 Å². The molecule has 1 N–H and O–H groups in total. The third-order valence-electron chi connectivity index (χ3n) is 3.63. The molecule has 1 heterocycles. The number of aromatic nitrogens is 2. The monoisotopic (exact) mass is 246 g/mol. The lowest BCUT2D eigenvalue weighted by Gasteiger charge is -2.13. The molecule has 2 unspecified atom stereocenters. The van der Waals surface area contributed by atoms with E-state index >= 15 is 0 Å². The molecule has 3 nitrogen and oxygen atoms in total. The van der Waals surface area contributed by atoms with Crippen molar-refractivity contribution in [1.82, 2.24) is 9.78 Å². The molecule has 0 aliphatic heterocycles. The number of aryl methyl sites for hydroxylation is 1. The maximum atomic E-state index is 10.1. The fraction of sp³-hybridized carbons (Fsp3) is 0.533. The number of aliphatic hydroxyl groups is 1. The molecule has 2 aromatic rings. The van der Waals surface area contributed by atoms with Crippen LogP contribution in [0, 0.1) is 5.92 Å². The van der Waals surface area contributed by atoms with Crippen LogP contribution in [-0.2, 0) is 13.5 Å². The van der Waals surface area contributed by atoms with Crippen molar-refractivity contribution in [2.75, 3.05) is 0 Å². The second kappa shape index (κ2) is 5.53. The van der Waals surface area contributed by atoms with Crippen LogP contribution >= 0.6 is 0 Å². The molecular formula is C15H22N2O. The largest absolute Gasteiger partial charge is 0.393 e. The highest BCUT2D eigenvalue weighted by Gasteiger charge is 2.14. The first-order chi connectivity index (χ1) is 8.61. The van der Waals surface area contributed by atoms with E-state index in [2.05, 4.69) is 31.1 Å². The molecule has 98 valence electrons. The first-order valence-corrected chi connectivity index (χ1v) is 6.70. The molecule has 0 radical (unpaired) electrons. The average Bonchev–Trinajstić information content (AvgIpc) is 2.67. The smallest absolute Gasteiger partial charge is 0.0728 e. The highest BCUT2D eigenvalue weighted by Crippen LogP contribution is 2.20. The second-order valence-corrected chi connectivity index (χ2v) is 5.19. The number of hydrogen-bond acceptors (Lipinski definition) is 2. The summed E-state index contributed by atoms with van der Waals surface area (Å²) in [7, 11) is 1.95. The molecule has 2 rings (SSSR count). The van der Waals surface area contributed by atoms with E-state index in [1.807, 2.05) is 23.9 Å². The summed E-state index contributed by atoms with van der Waals surface area (Å²) in [5.41, 5.74) is 2.13. The zero-order valence-corrected chi connectivity index (χ0v) is 11.4. The van der Waals surface area contributed by atoms with Gasteiger partial charge >= 0.3 is 0 Å². The highest BCUT2D eigenvalue weighted by molar-refractivity contribution is 5.81. The van der Waals surface area contributed by atoms with Gasteiger partial charge in [-0.2, -0.15) is 5.10 Å². The molecule has 3 heteroatoms. The van der Waals surface area contributed by atoms with Crippen LogP contribution in [0.4, 0.5) is 0 Å². The molecule has 0 amide bonds. The van der Waals surface area contributed by atoms with Gasteiger partial charge in [0.2, 0.25) is 0 Å². The van der Waals surface area contributed by atoms with E-state index in [0.29, 0.717) is 12.3 Å². The zero-order valence-electron chi connectivity index (χ0n) is 11.4. The lowest BCUT2D eigenvalue weighted by Crippen LogP contribution is -2.15. The quantitative estimate of drug-likeness (QED) is 0.881. The Hall–Kier alpha value is -1.35. The molecule has 0 bridgehead atoms. The van der Waals surface area contributed by atoms with E-state index < -0.39 is 0 Å². The average molecular weight is 246 g/mol. The van der Waals surface area contributed by atoms with E-state index in [9.17, 15) is 5.11 Å². The Labute approximate surface area is 108 Å². The summed E-state index contributed by atoms with van der Waals surface area (Å²) in [6.45, 7) is 4.34. The predicted octanol–water partition coefficient (Wildman–Crippen LogP) is 2.91. The third-order valence-corrected chi connectivity index (χ3v) is 3.63. The summed E-state index contributed by atoms with van der Waals surface area (Å²) in [5.74, 6) is 0.565. The number of benzene rings is 1. The van der Waals surface area contributed by atoms with Crippen LogP contribution in [0.3, 0.4) is 0 Å². The molecular weight excluding hydrogens is 224 g/mol. The van der Waals surface area contributed by atoms with Gasteiger partial charge in [0, 0.05) is 18.9 Å². The van der Waals surface area contributed by atoms with E-state index in [4.69, 9.17) is 0 Å². The lowest BCUT2D eigenvalue weighted by atomic mass is 9.98. The standard InChI is InChI=1S/C15H22N2O/c1-4-11(2)9-12(18)10-14-13-7-5-6-8-15(13)17(3)16-14/h5-8,11-12,18H,4,9-10H2,1-3H3. The number of para-hydroxylation sites is 1. The number of fused-ring (bicyclic) bond motifs is 1. The van der Waals surface area contributed by atoms with Crippen molar-refractivity contribution < 1.29 is 5.11 Å². The Kier molecular flexibility index (Phi) is 4.02. The Morgan fingerprint density at radius 2 is 2.06 bits per heavy atom. The van der Waals surface area contributed by atoms with Gasteiger partial charge in [0.15, 0.2) is 0 Å². The number of rotatable bonds is 5. The molecule has 1 aromatic carbocycles. The molecule has 2 atom stereocenters. The first kappa shape index (κ1) is 13.1. The summed E-state index contributed by atoms with van der Waals surface area (Å²) >= 11 is 0. The van der Waals surface area contributed by atoms with Gasteiger partial charge in [-0.05, 0) is 18.4 Å². The summed E-state index contributed by atoms with van der Waals surface area (Å²) in [4.78, 5) is 0. The molecule has 0 saturated carbocycles. The van der Waals surface area contributed by atoms with Crippen molar-refractivity contribution in [1.29, 1.82) is 0 Å². The maximum absolute atomic E-state index is 10.1.